The van der Waals surface area contributed by atoms with Crippen molar-refractivity contribution in [2.75, 3.05) is 0 Å². The Balaban J connectivity index is 2.24. The minimum absolute atomic E-state index is 0.00735. The average Bonchev–Trinajstić information content (AvgIpc) is 3.39. The van der Waals surface area contributed by atoms with Crippen LogP contribution < -0.4 is 27.4 Å². The van der Waals surface area contributed by atoms with Crippen LogP contribution >= 0.6 is 0 Å². The fourth-order valence-electron chi connectivity index (χ4n) is 3.87. The van der Waals surface area contributed by atoms with Gasteiger partial charge in [-0.3, -0.25) is 19.2 Å². The molecule has 0 aliphatic heterocycles. The lowest BCUT2D eigenvalue weighted by atomic mass is 10.0. The Morgan fingerprint density at radius 3 is 2.08 bits per heavy atom. The van der Waals surface area contributed by atoms with Gasteiger partial charge in [0.25, 0.3) is 0 Å². The van der Waals surface area contributed by atoms with Gasteiger partial charge in [0, 0.05) is 31.2 Å². The molecule has 10 N–H and O–H groups in total. The third-order valence-corrected chi connectivity index (χ3v) is 5.97. The highest BCUT2D eigenvalue weighted by Crippen LogP contribution is 2.13. The van der Waals surface area contributed by atoms with Crippen molar-refractivity contribution in [3.8, 4) is 5.75 Å². The number of aromatic hydroxyl groups is 1. The van der Waals surface area contributed by atoms with Crippen LogP contribution in [0.25, 0.3) is 0 Å². The first-order chi connectivity index (χ1) is 18.8. The highest BCUT2D eigenvalue weighted by Gasteiger charge is 2.31. The van der Waals surface area contributed by atoms with Crippen molar-refractivity contribution in [1.29, 1.82) is 0 Å². The monoisotopic (exact) mass is 559 g/mol. The van der Waals surface area contributed by atoms with E-state index in [-0.39, 0.29) is 43.8 Å². The molecular weight excluding hydrogens is 522 g/mol. The maximum Gasteiger partial charge on any atom is 0.326 e. The number of H-pyrrole nitrogens is 1. The van der Waals surface area contributed by atoms with E-state index in [1.807, 2.05) is 0 Å². The highest BCUT2D eigenvalue weighted by atomic mass is 16.4. The van der Waals surface area contributed by atoms with Gasteiger partial charge in [0.2, 0.25) is 23.6 Å². The molecule has 0 aliphatic rings. The molecule has 40 heavy (non-hydrogen) atoms. The van der Waals surface area contributed by atoms with Crippen LogP contribution in [0, 0.1) is 5.92 Å². The molecule has 1 aromatic carbocycles. The van der Waals surface area contributed by atoms with Crippen LogP contribution in [-0.4, -0.2) is 73.9 Å². The van der Waals surface area contributed by atoms with E-state index in [9.17, 15) is 34.2 Å². The van der Waals surface area contributed by atoms with Crippen molar-refractivity contribution in [1.82, 2.24) is 25.9 Å². The summed E-state index contributed by atoms with van der Waals surface area (Å²) in [5.74, 6) is -4.23. The van der Waals surface area contributed by atoms with Gasteiger partial charge in [-0.05, 0) is 36.5 Å². The number of nitrogens with two attached hydrogens (primary N) is 2. The summed E-state index contributed by atoms with van der Waals surface area (Å²) in [7, 11) is 0. The number of carboxylic acids is 1. The minimum Gasteiger partial charge on any atom is -0.508 e. The smallest absolute Gasteiger partial charge is 0.326 e. The third-order valence-electron chi connectivity index (χ3n) is 5.97. The van der Waals surface area contributed by atoms with Gasteiger partial charge in [0.1, 0.15) is 23.9 Å². The molecule has 0 fully saturated rings. The summed E-state index contributed by atoms with van der Waals surface area (Å²) in [5.41, 5.74) is 12.5. The summed E-state index contributed by atoms with van der Waals surface area (Å²) < 4.78 is 0. The molecular formula is C26H37N7O7. The van der Waals surface area contributed by atoms with Crippen molar-refractivity contribution < 1.29 is 34.2 Å². The van der Waals surface area contributed by atoms with Gasteiger partial charge in [-0.25, -0.2) is 9.78 Å². The number of aliphatic carboxylic acids is 1. The molecule has 0 bridgehead atoms. The first kappa shape index (κ1) is 31.8. The zero-order chi connectivity index (χ0) is 29.8. The molecule has 14 heteroatoms. The summed E-state index contributed by atoms with van der Waals surface area (Å²) in [6.45, 7) is 3.59. The molecule has 4 atom stereocenters. The topological polar surface area (TPSA) is 243 Å². The Kier molecular flexibility index (Phi) is 12.1. The fraction of sp³-hybridized carbons (Fsp3) is 0.462. The number of hydrogen-bond acceptors (Lipinski definition) is 8. The quantitative estimate of drug-likeness (QED) is 0.127. The van der Waals surface area contributed by atoms with Crippen molar-refractivity contribution >= 4 is 29.6 Å². The SMILES string of the molecule is CC(C)CC(NC(=O)C(CCC(N)=O)NC(=O)C(Cc1ccc(O)cc1)NC(=O)C(N)Cc1cnc[nH]1)C(=O)O. The number of carbonyl (C=O) groups is 5. The summed E-state index contributed by atoms with van der Waals surface area (Å²) in [6.07, 6.45) is 2.74. The Hall–Kier alpha value is -4.46. The van der Waals surface area contributed by atoms with E-state index < -0.39 is 53.8 Å². The summed E-state index contributed by atoms with van der Waals surface area (Å²) in [4.78, 5) is 69.1. The largest absolute Gasteiger partial charge is 0.508 e. The molecule has 0 saturated carbocycles. The van der Waals surface area contributed by atoms with E-state index in [2.05, 4.69) is 25.9 Å². The normalized spacial score (nSPS) is 14.0. The van der Waals surface area contributed by atoms with E-state index in [1.165, 1.54) is 24.7 Å². The predicted molar refractivity (Wildman–Crippen MR) is 143 cm³/mol. The molecule has 0 radical (unpaired) electrons. The molecule has 4 amide bonds. The molecule has 2 aromatic rings. The number of aromatic nitrogens is 2. The van der Waals surface area contributed by atoms with Gasteiger partial charge in [0.15, 0.2) is 0 Å². The summed E-state index contributed by atoms with van der Waals surface area (Å²) >= 11 is 0. The first-order valence-corrected chi connectivity index (χ1v) is 12.8. The number of phenolic OH excluding ortho intramolecular Hbond substituents is 1. The number of benzene rings is 1. The number of primary amides is 1. The van der Waals surface area contributed by atoms with Crippen molar-refractivity contribution in [3.63, 3.8) is 0 Å². The third kappa shape index (κ3) is 10.7. The van der Waals surface area contributed by atoms with Crippen molar-refractivity contribution in [2.45, 2.75) is 70.1 Å². The molecule has 14 nitrogen and oxygen atoms in total. The zero-order valence-corrected chi connectivity index (χ0v) is 22.4. The number of aromatic amines is 1. The number of phenols is 1. The second kappa shape index (κ2) is 15.2. The van der Waals surface area contributed by atoms with Crippen LogP contribution in [0.4, 0.5) is 0 Å². The zero-order valence-electron chi connectivity index (χ0n) is 22.4. The van der Waals surface area contributed by atoms with Crippen LogP contribution in [0.2, 0.25) is 0 Å². The number of carbonyl (C=O) groups excluding carboxylic acids is 4. The molecule has 0 spiro atoms. The number of nitrogens with one attached hydrogen (secondary N) is 4. The maximum atomic E-state index is 13.4. The van der Waals surface area contributed by atoms with Crippen molar-refractivity contribution in [2.24, 2.45) is 17.4 Å². The van der Waals surface area contributed by atoms with Crippen LogP contribution in [0.5, 0.6) is 5.75 Å². The Labute approximate surface area is 231 Å². The number of rotatable bonds is 16. The van der Waals surface area contributed by atoms with Crippen LogP contribution in [0.1, 0.15) is 44.4 Å². The van der Waals surface area contributed by atoms with Gasteiger partial charge in [0.05, 0.1) is 12.4 Å². The van der Waals surface area contributed by atoms with Gasteiger partial charge < -0.3 is 42.6 Å². The number of carboxylic acid groups (broad SMARTS) is 1. The van der Waals surface area contributed by atoms with Crippen LogP contribution in [0.15, 0.2) is 36.8 Å². The molecule has 0 aliphatic carbocycles. The van der Waals surface area contributed by atoms with E-state index >= 15 is 0 Å². The van der Waals surface area contributed by atoms with Crippen LogP contribution in [-0.2, 0) is 36.8 Å². The predicted octanol–water partition coefficient (Wildman–Crippen LogP) is -0.922. The lowest BCUT2D eigenvalue weighted by Gasteiger charge is -2.25. The Bertz CT molecular complexity index is 1150. The standard InChI is InChI=1S/C26H37N7O7/c1-14(2)9-21(26(39)40)33-24(37)19(7-8-22(28)35)31-25(38)20(10-15-3-5-17(34)6-4-15)32-23(36)18(27)11-16-12-29-13-30-16/h3-6,12-14,18-21,34H,7-11,27H2,1-2H3,(H2,28,35)(H,29,30)(H,31,38)(H,32,36)(H,33,37)(H,39,40). The lowest BCUT2D eigenvalue weighted by molar-refractivity contribution is -0.143. The number of hydrogen-bond donors (Lipinski definition) is 8. The number of amides is 4. The van der Waals surface area contributed by atoms with Gasteiger partial charge >= 0.3 is 5.97 Å². The van der Waals surface area contributed by atoms with Crippen LogP contribution in [0.3, 0.4) is 0 Å². The maximum absolute atomic E-state index is 13.4. The average molecular weight is 560 g/mol. The van der Waals surface area contributed by atoms with E-state index in [1.54, 1.807) is 26.0 Å². The summed E-state index contributed by atoms with van der Waals surface area (Å²) in [6, 6.07) is 1.19. The fourth-order valence-corrected chi connectivity index (χ4v) is 3.87. The van der Waals surface area contributed by atoms with E-state index in [0.717, 1.165) is 0 Å². The summed E-state index contributed by atoms with van der Waals surface area (Å²) in [5, 5.41) is 26.6. The first-order valence-electron chi connectivity index (χ1n) is 12.8. The van der Waals surface area contributed by atoms with E-state index in [4.69, 9.17) is 11.5 Å². The number of nitrogens with zero attached hydrogens (tertiary/aromatic N) is 1. The van der Waals surface area contributed by atoms with Gasteiger partial charge in [-0.15, -0.1) is 0 Å². The molecule has 2 rings (SSSR count). The van der Waals surface area contributed by atoms with Crippen molar-refractivity contribution in [3.05, 3.63) is 48.0 Å². The molecule has 4 unspecified atom stereocenters. The van der Waals surface area contributed by atoms with Gasteiger partial charge in [-0.2, -0.15) is 0 Å². The molecule has 218 valence electrons. The molecule has 1 aromatic heterocycles. The Morgan fingerprint density at radius 2 is 1.52 bits per heavy atom. The van der Waals surface area contributed by atoms with Gasteiger partial charge in [-0.1, -0.05) is 26.0 Å². The lowest BCUT2D eigenvalue weighted by Crippen LogP contribution is -2.58. The minimum atomic E-state index is -1.31. The number of imidazole rings is 1. The highest BCUT2D eigenvalue weighted by molar-refractivity contribution is 5.94. The van der Waals surface area contributed by atoms with E-state index in [0.29, 0.717) is 11.3 Å². The Morgan fingerprint density at radius 1 is 0.925 bits per heavy atom. The molecule has 1 heterocycles. The second-order valence-corrected chi connectivity index (χ2v) is 9.91. The second-order valence-electron chi connectivity index (χ2n) is 9.91. The molecule has 0 saturated heterocycles.